The number of piperidine rings is 1. The Labute approximate surface area is 177 Å². The molecule has 160 valence electrons. The van der Waals surface area contributed by atoms with Crippen molar-refractivity contribution in [1.82, 2.24) is 20.4 Å². The Morgan fingerprint density at radius 3 is 2.80 bits per heavy atom. The summed E-state index contributed by atoms with van der Waals surface area (Å²) < 4.78 is 0. The van der Waals surface area contributed by atoms with E-state index in [9.17, 15) is 9.59 Å². The minimum absolute atomic E-state index is 0.0364. The lowest BCUT2D eigenvalue weighted by atomic mass is 9.93. The van der Waals surface area contributed by atoms with Gasteiger partial charge in [0.15, 0.2) is 0 Å². The van der Waals surface area contributed by atoms with E-state index in [4.69, 9.17) is 0 Å². The Hall–Kier alpha value is -2.67. The lowest BCUT2D eigenvalue weighted by Crippen LogP contribution is -2.35. The first-order chi connectivity index (χ1) is 14.7. The second-order valence-corrected chi connectivity index (χ2v) is 8.40. The summed E-state index contributed by atoms with van der Waals surface area (Å²) in [6.45, 7) is 4.77. The van der Waals surface area contributed by atoms with Crippen molar-refractivity contribution >= 4 is 11.6 Å². The molecule has 0 saturated carbocycles. The predicted molar refractivity (Wildman–Crippen MR) is 117 cm³/mol. The molecule has 3 N–H and O–H groups in total. The van der Waals surface area contributed by atoms with E-state index in [-0.39, 0.29) is 17.9 Å². The van der Waals surface area contributed by atoms with Crippen LogP contribution in [0.2, 0.25) is 0 Å². The molecule has 2 aliphatic heterocycles. The fourth-order valence-electron chi connectivity index (χ4n) is 4.49. The van der Waals surface area contributed by atoms with Crippen LogP contribution in [-0.4, -0.2) is 47.2 Å². The third kappa shape index (κ3) is 5.27. The molecule has 0 unspecified atom stereocenters. The van der Waals surface area contributed by atoms with Gasteiger partial charge >= 0.3 is 0 Å². The molecule has 0 radical (unpaired) electrons. The zero-order valence-electron chi connectivity index (χ0n) is 17.5. The third-order valence-electron chi connectivity index (χ3n) is 6.22. The lowest BCUT2D eigenvalue weighted by molar-refractivity contribution is -0.120. The van der Waals surface area contributed by atoms with Gasteiger partial charge in [0.05, 0.1) is 17.8 Å². The van der Waals surface area contributed by atoms with Gasteiger partial charge in [-0.3, -0.25) is 14.5 Å². The van der Waals surface area contributed by atoms with Crippen molar-refractivity contribution in [3.8, 4) is 0 Å². The summed E-state index contributed by atoms with van der Waals surface area (Å²) in [5.74, 6) is 0.628. The van der Waals surface area contributed by atoms with Crippen molar-refractivity contribution < 1.29 is 4.79 Å². The van der Waals surface area contributed by atoms with Crippen LogP contribution >= 0.6 is 0 Å². The summed E-state index contributed by atoms with van der Waals surface area (Å²) in [4.78, 5) is 26.8. The Bertz CT molecular complexity index is 904. The van der Waals surface area contributed by atoms with E-state index in [0.29, 0.717) is 18.2 Å². The van der Waals surface area contributed by atoms with Gasteiger partial charge in [0.1, 0.15) is 0 Å². The van der Waals surface area contributed by atoms with Gasteiger partial charge in [-0.15, -0.1) is 0 Å². The van der Waals surface area contributed by atoms with E-state index < -0.39 is 0 Å². The maximum atomic E-state index is 12.4. The van der Waals surface area contributed by atoms with Crippen LogP contribution in [0.5, 0.6) is 0 Å². The van der Waals surface area contributed by atoms with Crippen molar-refractivity contribution in [2.24, 2.45) is 5.92 Å². The lowest BCUT2D eigenvalue weighted by Gasteiger charge is -2.32. The van der Waals surface area contributed by atoms with Crippen molar-refractivity contribution in [1.29, 1.82) is 0 Å². The Morgan fingerprint density at radius 2 is 2.00 bits per heavy atom. The fraction of sp³-hybridized carbons (Fsp3) is 0.522. The van der Waals surface area contributed by atoms with E-state index in [0.717, 1.165) is 56.7 Å². The quantitative estimate of drug-likeness (QED) is 0.652. The zero-order valence-corrected chi connectivity index (χ0v) is 17.5. The van der Waals surface area contributed by atoms with Gasteiger partial charge < -0.3 is 10.6 Å². The summed E-state index contributed by atoms with van der Waals surface area (Å²) in [6, 6.07) is 10.6. The van der Waals surface area contributed by atoms with E-state index in [1.165, 1.54) is 18.4 Å². The number of fused-ring (bicyclic) bond motifs is 1. The summed E-state index contributed by atoms with van der Waals surface area (Å²) in [5, 5.41) is 12.9. The highest BCUT2D eigenvalue weighted by atomic mass is 16.1. The number of H-pyrrole nitrogens is 1. The number of nitrogens with zero attached hydrogens (tertiary/aromatic N) is 2. The van der Waals surface area contributed by atoms with Gasteiger partial charge in [-0.2, -0.15) is 5.10 Å². The number of aromatic nitrogens is 2. The molecule has 1 amide bonds. The van der Waals surface area contributed by atoms with Crippen LogP contribution in [0.4, 0.5) is 5.69 Å². The van der Waals surface area contributed by atoms with Gasteiger partial charge in [-0.05, 0) is 56.7 Å². The molecule has 2 aromatic rings. The fourth-order valence-corrected chi connectivity index (χ4v) is 4.49. The molecule has 0 spiro atoms. The predicted octanol–water partition coefficient (Wildman–Crippen LogP) is 2.09. The highest BCUT2D eigenvalue weighted by Gasteiger charge is 2.21. The van der Waals surface area contributed by atoms with Crippen LogP contribution in [0.1, 0.15) is 42.5 Å². The van der Waals surface area contributed by atoms with Crippen LogP contribution in [0.25, 0.3) is 0 Å². The number of carbonyl (C=O) groups is 1. The van der Waals surface area contributed by atoms with Crippen LogP contribution in [-0.2, 0) is 24.2 Å². The number of benzene rings is 1. The summed E-state index contributed by atoms with van der Waals surface area (Å²) >= 11 is 0. The molecule has 30 heavy (non-hydrogen) atoms. The molecule has 0 aliphatic carbocycles. The van der Waals surface area contributed by atoms with Crippen LogP contribution < -0.4 is 16.2 Å². The number of rotatable bonds is 7. The summed E-state index contributed by atoms with van der Waals surface area (Å²) in [7, 11) is 0. The molecular formula is C23H31N5O2. The number of amides is 1. The number of aromatic amines is 1. The van der Waals surface area contributed by atoms with Gasteiger partial charge in [0, 0.05) is 25.2 Å². The first-order valence-electron chi connectivity index (χ1n) is 11.1. The number of nitrogens with one attached hydrogen (secondary N) is 3. The molecule has 7 nitrogen and oxygen atoms in total. The summed E-state index contributed by atoms with van der Waals surface area (Å²) in [6.07, 6.45) is 5.23. The molecule has 1 saturated heterocycles. The smallest absolute Gasteiger partial charge is 0.269 e. The maximum Gasteiger partial charge on any atom is 0.269 e. The van der Waals surface area contributed by atoms with Crippen molar-refractivity contribution in [2.45, 2.75) is 45.1 Å². The minimum Gasteiger partial charge on any atom is -0.383 e. The number of hydrogen-bond donors (Lipinski definition) is 3. The van der Waals surface area contributed by atoms with Crippen LogP contribution in [0.3, 0.4) is 0 Å². The van der Waals surface area contributed by atoms with E-state index >= 15 is 0 Å². The summed E-state index contributed by atoms with van der Waals surface area (Å²) in [5.41, 5.74) is 3.33. The average molecular weight is 410 g/mol. The maximum absolute atomic E-state index is 12.4. The van der Waals surface area contributed by atoms with E-state index in [1.807, 2.05) is 0 Å². The minimum atomic E-state index is -0.153. The van der Waals surface area contributed by atoms with Gasteiger partial charge in [0.25, 0.3) is 5.56 Å². The molecule has 1 aromatic carbocycles. The molecule has 4 rings (SSSR count). The van der Waals surface area contributed by atoms with E-state index in [2.05, 4.69) is 56.1 Å². The van der Waals surface area contributed by atoms with Gasteiger partial charge in [0.2, 0.25) is 5.91 Å². The number of hydrogen-bond acceptors (Lipinski definition) is 5. The number of likely N-dealkylation sites (tertiary alicyclic amines) is 1. The number of anilines is 1. The highest BCUT2D eigenvalue weighted by molar-refractivity contribution is 5.80. The zero-order chi connectivity index (χ0) is 20.8. The van der Waals surface area contributed by atoms with Crippen molar-refractivity contribution in [2.75, 3.05) is 31.5 Å². The van der Waals surface area contributed by atoms with Crippen LogP contribution in [0.15, 0.2) is 35.1 Å². The second-order valence-electron chi connectivity index (χ2n) is 8.40. The first kappa shape index (κ1) is 20.6. The van der Waals surface area contributed by atoms with Crippen molar-refractivity contribution in [3.63, 3.8) is 0 Å². The molecule has 1 aromatic heterocycles. The molecule has 0 atom stereocenters. The normalized spacial score (nSPS) is 17.2. The molecular weight excluding hydrogens is 378 g/mol. The van der Waals surface area contributed by atoms with Gasteiger partial charge in [-0.1, -0.05) is 30.3 Å². The highest BCUT2D eigenvalue weighted by Crippen LogP contribution is 2.22. The van der Waals surface area contributed by atoms with Crippen LogP contribution in [0, 0.1) is 5.92 Å². The standard InChI is InChI=1S/C23H31N5O2/c29-21(15-20-22-19(7-4-11-25-22)23(30)27-26-20)24-12-8-17-9-13-28(14-10-17)16-18-5-2-1-3-6-18/h1-3,5-6,17,25H,4,7-16H2,(H,24,29)(H,27,30). The Balaban J connectivity index is 1.18. The van der Waals surface area contributed by atoms with Gasteiger partial charge in [-0.25, -0.2) is 5.10 Å². The topological polar surface area (TPSA) is 90.1 Å². The monoisotopic (exact) mass is 409 g/mol. The molecule has 3 heterocycles. The Morgan fingerprint density at radius 1 is 1.20 bits per heavy atom. The molecule has 2 aliphatic rings. The average Bonchev–Trinajstić information content (AvgIpc) is 2.78. The SMILES string of the molecule is O=C(Cc1n[nH]c(=O)c2c1NCCC2)NCCC1CCN(Cc2ccccc2)CC1. The Kier molecular flexibility index (Phi) is 6.79. The molecule has 0 bridgehead atoms. The largest absolute Gasteiger partial charge is 0.383 e. The third-order valence-corrected chi connectivity index (χ3v) is 6.22. The first-order valence-corrected chi connectivity index (χ1v) is 11.1. The molecule has 7 heteroatoms. The molecule has 1 fully saturated rings. The van der Waals surface area contributed by atoms with E-state index in [1.54, 1.807) is 0 Å². The second kappa shape index (κ2) is 9.89. The number of carbonyl (C=O) groups excluding carboxylic acids is 1. The van der Waals surface area contributed by atoms with Crippen molar-refractivity contribution in [3.05, 3.63) is 57.5 Å².